The van der Waals surface area contributed by atoms with E-state index in [9.17, 15) is 18.7 Å². The quantitative estimate of drug-likeness (QED) is 0.299. The van der Waals surface area contributed by atoms with Crippen molar-refractivity contribution in [1.82, 2.24) is 24.9 Å². The molecule has 5 aromatic rings. The van der Waals surface area contributed by atoms with Crippen molar-refractivity contribution in [2.45, 2.75) is 25.4 Å². The number of carboxylic acid groups (broad SMARTS) is 1. The predicted octanol–water partition coefficient (Wildman–Crippen LogP) is 5.12. The van der Waals surface area contributed by atoms with Crippen LogP contribution in [-0.2, 0) is 17.8 Å². The van der Waals surface area contributed by atoms with Gasteiger partial charge in [-0.3, -0.25) is 9.48 Å². The van der Waals surface area contributed by atoms with E-state index in [0.717, 1.165) is 17.3 Å². The number of anilines is 1. The fraction of sp³-hybridized carbons (Fsp3) is 0.179. The highest BCUT2D eigenvalue weighted by atomic mass is 19.1. The van der Waals surface area contributed by atoms with Crippen molar-refractivity contribution < 1.29 is 23.2 Å². The van der Waals surface area contributed by atoms with Crippen LogP contribution in [0.4, 0.5) is 14.6 Å². The minimum absolute atomic E-state index is 0.0975. The topological polar surface area (TPSA) is 119 Å². The van der Waals surface area contributed by atoms with Crippen LogP contribution in [0.3, 0.4) is 0 Å². The summed E-state index contributed by atoms with van der Waals surface area (Å²) in [6.45, 7) is 0.0975. The van der Waals surface area contributed by atoms with Gasteiger partial charge in [0.15, 0.2) is 17.5 Å². The lowest BCUT2D eigenvalue weighted by Crippen LogP contribution is -2.32. The average molecular weight is 529 g/mol. The summed E-state index contributed by atoms with van der Waals surface area (Å²) in [7, 11) is 0. The molecular weight excluding hydrogens is 506 g/mol. The molecule has 3 aromatic heterocycles. The van der Waals surface area contributed by atoms with Gasteiger partial charge < -0.3 is 14.9 Å². The first kappa shape index (κ1) is 24.4. The lowest BCUT2D eigenvalue weighted by molar-refractivity contribution is -0.142. The van der Waals surface area contributed by atoms with E-state index in [4.69, 9.17) is 4.52 Å². The maximum atomic E-state index is 15.0. The van der Waals surface area contributed by atoms with Crippen molar-refractivity contribution in [3.8, 4) is 22.9 Å². The molecule has 0 fully saturated rings. The van der Waals surface area contributed by atoms with Gasteiger partial charge in [-0.15, -0.1) is 0 Å². The molecule has 196 valence electrons. The Labute approximate surface area is 221 Å². The molecule has 6 rings (SSSR count). The van der Waals surface area contributed by atoms with Crippen LogP contribution in [0, 0.1) is 17.6 Å². The summed E-state index contributed by atoms with van der Waals surface area (Å²) in [6.07, 6.45) is 3.45. The van der Waals surface area contributed by atoms with E-state index in [-0.39, 0.29) is 24.0 Å². The Morgan fingerprint density at radius 2 is 1.90 bits per heavy atom. The first-order valence-corrected chi connectivity index (χ1v) is 12.3. The van der Waals surface area contributed by atoms with Gasteiger partial charge in [0.05, 0.1) is 30.4 Å². The molecule has 39 heavy (non-hydrogen) atoms. The van der Waals surface area contributed by atoms with Crippen LogP contribution in [0.1, 0.15) is 29.2 Å². The minimum atomic E-state index is -0.971. The third-order valence-electron chi connectivity index (χ3n) is 6.86. The molecule has 0 spiro atoms. The average Bonchev–Trinajstić information content (AvgIpc) is 3.61. The summed E-state index contributed by atoms with van der Waals surface area (Å²) in [6, 6.07) is 16.5. The van der Waals surface area contributed by atoms with Gasteiger partial charge in [-0.25, -0.2) is 18.7 Å². The zero-order valence-corrected chi connectivity index (χ0v) is 20.5. The van der Waals surface area contributed by atoms with E-state index in [1.54, 1.807) is 35.0 Å². The van der Waals surface area contributed by atoms with Gasteiger partial charge in [0.25, 0.3) is 0 Å². The number of nitrogens with one attached hydrogen (secondary N) is 1. The van der Waals surface area contributed by atoms with Crippen molar-refractivity contribution in [3.05, 3.63) is 101 Å². The smallest absolute Gasteiger partial charge is 0.308 e. The number of aryl methyl sites for hydroxylation is 1. The van der Waals surface area contributed by atoms with E-state index in [1.807, 2.05) is 24.3 Å². The van der Waals surface area contributed by atoms with Crippen LogP contribution in [0.25, 0.3) is 22.9 Å². The highest BCUT2D eigenvalue weighted by Crippen LogP contribution is 2.37. The molecule has 0 saturated heterocycles. The third kappa shape index (κ3) is 4.74. The molecule has 2 N–H and O–H groups in total. The van der Waals surface area contributed by atoms with E-state index in [2.05, 4.69) is 25.5 Å². The number of benzene rings is 2. The Morgan fingerprint density at radius 3 is 2.69 bits per heavy atom. The molecule has 1 aliphatic rings. The van der Waals surface area contributed by atoms with E-state index in [0.29, 0.717) is 35.5 Å². The Bertz CT molecular complexity index is 1650. The molecule has 0 radical (unpaired) electrons. The highest BCUT2D eigenvalue weighted by Gasteiger charge is 2.35. The lowest BCUT2D eigenvalue weighted by Gasteiger charge is -2.32. The number of aliphatic carboxylic acids is 1. The summed E-state index contributed by atoms with van der Waals surface area (Å²) in [5, 5.41) is 21.4. The van der Waals surface area contributed by atoms with Gasteiger partial charge in [-0.05, 0) is 36.1 Å². The number of carbonyl (C=O) groups is 1. The molecule has 0 bridgehead atoms. The van der Waals surface area contributed by atoms with Crippen LogP contribution in [-0.4, -0.2) is 36.0 Å². The molecule has 1 aliphatic carbocycles. The monoisotopic (exact) mass is 528 g/mol. The lowest BCUT2D eigenvalue weighted by atomic mass is 9.79. The molecule has 0 amide bonds. The number of nitrogens with zero attached hydrogens (tertiary/aromatic N) is 5. The number of halogens is 2. The fourth-order valence-corrected chi connectivity index (χ4v) is 4.93. The Balaban J connectivity index is 1.38. The van der Waals surface area contributed by atoms with Crippen molar-refractivity contribution >= 4 is 11.8 Å². The first-order chi connectivity index (χ1) is 19.0. The molecule has 0 saturated carbocycles. The highest BCUT2D eigenvalue weighted by molar-refractivity contribution is 5.73. The fourth-order valence-electron chi connectivity index (χ4n) is 4.93. The second-order valence-corrected chi connectivity index (χ2v) is 9.24. The maximum absolute atomic E-state index is 15.0. The van der Waals surface area contributed by atoms with Crippen molar-refractivity contribution in [1.29, 1.82) is 0 Å². The summed E-state index contributed by atoms with van der Waals surface area (Å²) in [4.78, 5) is 20.5. The first-order valence-electron chi connectivity index (χ1n) is 12.3. The molecular formula is C28H22F2N6O3. The molecule has 3 heterocycles. The zero-order valence-electron chi connectivity index (χ0n) is 20.5. The van der Waals surface area contributed by atoms with Crippen molar-refractivity contribution in [2.75, 3.05) is 5.32 Å². The summed E-state index contributed by atoms with van der Waals surface area (Å²) < 4.78 is 35.9. The maximum Gasteiger partial charge on any atom is 0.308 e. The summed E-state index contributed by atoms with van der Waals surface area (Å²) in [5.41, 5.74) is 3.50. The molecule has 0 aliphatic heterocycles. The van der Waals surface area contributed by atoms with Crippen LogP contribution in [0.5, 0.6) is 0 Å². The van der Waals surface area contributed by atoms with Crippen LogP contribution < -0.4 is 5.32 Å². The number of rotatable bonds is 7. The predicted molar refractivity (Wildman–Crippen MR) is 136 cm³/mol. The van der Waals surface area contributed by atoms with Gasteiger partial charge >= 0.3 is 5.97 Å². The molecule has 2 atom stereocenters. The number of hydrogen-bond acceptors (Lipinski definition) is 7. The molecule has 11 heteroatoms. The number of fused-ring (bicyclic) bond motifs is 1. The van der Waals surface area contributed by atoms with E-state index in [1.165, 1.54) is 12.3 Å². The standard InChI is InChI=1S/C28H22F2N6O3/c29-20-8-4-2-6-17(20)15-36-24(22-11-12-39-35-22)13-23(34-36)27-31-14-21(30)26(33-27)32-25-18-7-3-1-5-16(18)9-10-19(25)28(37)38/h1-8,11-14,19,25H,9-10,15H2,(H,37,38)(H,31,32,33). The zero-order chi connectivity index (χ0) is 26.9. The largest absolute Gasteiger partial charge is 0.481 e. The van der Waals surface area contributed by atoms with Crippen LogP contribution in [0.15, 0.2) is 77.6 Å². The number of carboxylic acids is 1. The molecule has 9 nitrogen and oxygen atoms in total. The number of hydrogen-bond donors (Lipinski definition) is 2. The van der Waals surface area contributed by atoms with Gasteiger partial charge in [0.2, 0.25) is 0 Å². The third-order valence-corrected chi connectivity index (χ3v) is 6.86. The van der Waals surface area contributed by atoms with Gasteiger partial charge in [0, 0.05) is 11.6 Å². The molecule has 2 unspecified atom stereocenters. The SMILES string of the molecule is O=C(O)C1CCc2ccccc2C1Nc1nc(-c2cc(-c3ccon3)n(Cc3ccccc3F)n2)ncc1F. The second-order valence-electron chi connectivity index (χ2n) is 9.24. The van der Waals surface area contributed by atoms with Gasteiger partial charge in [0.1, 0.15) is 23.5 Å². The van der Waals surface area contributed by atoms with Crippen molar-refractivity contribution in [3.63, 3.8) is 0 Å². The number of aromatic nitrogens is 5. The van der Waals surface area contributed by atoms with Crippen LogP contribution in [0.2, 0.25) is 0 Å². The van der Waals surface area contributed by atoms with Crippen molar-refractivity contribution in [2.24, 2.45) is 5.92 Å². The normalized spacial score (nSPS) is 16.6. The Hall–Kier alpha value is -4.93. The minimum Gasteiger partial charge on any atom is -0.481 e. The Kier molecular flexibility index (Phi) is 6.31. The van der Waals surface area contributed by atoms with Gasteiger partial charge in [-0.2, -0.15) is 5.10 Å². The van der Waals surface area contributed by atoms with E-state index >= 15 is 0 Å². The summed E-state index contributed by atoms with van der Waals surface area (Å²) in [5.74, 6) is -2.89. The van der Waals surface area contributed by atoms with E-state index < -0.39 is 23.7 Å². The summed E-state index contributed by atoms with van der Waals surface area (Å²) >= 11 is 0. The molecule has 2 aromatic carbocycles. The van der Waals surface area contributed by atoms with Crippen LogP contribution >= 0.6 is 0 Å². The Morgan fingerprint density at radius 1 is 1.08 bits per heavy atom. The second kappa shape index (κ2) is 10.1. The van der Waals surface area contributed by atoms with Gasteiger partial charge in [-0.1, -0.05) is 47.6 Å².